The molecule has 4 rings (SSSR count). The van der Waals surface area contributed by atoms with Crippen LogP contribution in [0.15, 0.2) is 41.3 Å². The van der Waals surface area contributed by atoms with Crippen molar-refractivity contribution in [2.75, 3.05) is 18.4 Å². The average molecular weight is 498 g/mol. The first-order valence-corrected chi connectivity index (χ1v) is 14.0. The Morgan fingerprint density at radius 1 is 1.03 bits per heavy atom. The lowest BCUT2D eigenvalue weighted by Gasteiger charge is -2.33. The predicted octanol–water partition coefficient (Wildman–Crippen LogP) is 4.05. The van der Waals surface area contributed by atoms with E-state index in [0.717, 1.165) is 42.4 Å². The first kappa shape index (κ1) is 25.4. The van der Waals surface area contributed by atoms with Crippen LogP contribution in [0.1, 0.15) is 66.6 Å². The number of nitrogens with zero attached hydrogens (tertiary/aromatic N) is 1. The smallest absolute Gasteiger partial charge is 0.255 e. The molecule has 2 aromatic carbocycles. The van der Waals surface area contributed by atoms with Crippen LogP contribution in [0.5, 0.6) is 0 Å². The lowest BCUT2D eigenvalue weighted by atomic mass is 9.90. The topological polar surface area (TPSA) is 95.6 Å². The molecule has 1 heterocycles. The maximum Gasteiger partial charge on any atom is 0.255 e. The number of sulfonamides is 1. The molecule has 2 amide bonds. The maximum atomic E-state index is 13.4. The quantitative estimate of drug-likeness (QED) is 0.629. The molecule has 2 aliphatic rings. The minimum atomic E-state index is -3.78. The predicted molar refractivity (Wildman–Crippen MR) is 137 cm³/mol. The number of piperidine rings is 1. The molecule has 1 saturated heterocycles. The van der Waals surface area contributed by atoms with Crippen molar-refractivity contribution in [1.82, 2.24) is 9.62 Å². The fraction of sp³-hybridized carbons (Fsp3) is 0.481. The molecule has 35 heavy (non-hydrogen) atoms. The zero-order valence-corrected chi connectivity index (χ0v) is 21.6. The molecule has 0 unspecified atom stereocenters. The fourth-order valence-corrected chi connectivity index (χ4v) is 6.37. The minimum absolute atomic E-state index is 0.0629. The molecule has 0 radical (unpaired) electrons. The van der Waals surface area contributed by atoms with E-state index in [1.807, 2.05) is 43.9 Å². The summed E-state index contributed by atoms with van der Waals surface area (Å²) in [6.07, 6.45) is 4.78. The van der Waals surface area contributed by atoms with Crippen molar-refractivity contribution in [2.45, 2.75) is 70.2 Å². The summed E-state index contributed by atoms with van der Waals surface area (Å²) in [5, 5.41) is 3.00. The van der Waals surface area contributed by atoms with Gasteiger partial charge in [0.05, 0.1) is 4.90 Å². The summed E-state index contributed by atoms with van der Waals surface area (Å²) >= 11 is 0. The molecule has 0 spiro atoms. The maximum absolute atomic E-state index is 13.4. The monoisotopic (exact) mass is 497 g/mol. The molecule has 0 saturated carbocycles. The van der Waals surface area contributed by atoms with Gasteiger partial charge in [0, 0.05) is 36.3 Å². The Bertz CT molecular complexity index is 1210. The van der Waals surface area contributed by atoms with Gasteiger partial charge in [-0.05, 0) is 80.3 Å². The highest BCUT2D eigenvalue weighted by molar-refractivity contribution is 7.89. The molecular weight excluding hydrogens is 462 g/mol. The zero-order valence-electron chi connectivity index (χ0n) is 20.8. The normalized spacial score (nSPS) is 16.7. The van der Waals surface area contributed by atoms with Crippen molar-refractivity contribution in [3.63, 3.8) is 0 Å². The number of hydrogen-bond acceptors (Lipinski definition) is 4. The SMILES string of the molecule is Cc1ccccc1C(=O)Nc1cc(S(=O)(=O)NC2CCN(C(=O)C(C)C)CC2)cc2c1CCCC2. The molecule has 0 atom stereocenters. The highest BCUT2D eigenvalue weighted by Crippen LogP contribution is 2.32. The van der Waals surface area contributed by atoms with Gasteiger partial charge in [-0.1, -0.05) is 32.0 Å². The number of fused-ring (bicyclic) bond motifs is 1. The molecular formula is C27H35N3O4S. The minimum Gasteiger partial charge on any atom is -0.342 e. The van der Waals surface area contributed by atoms with Crippen LogP contribution in [0, 0.1) is 12.8 Å². The molecule has 0 aromatic heterocycles. The van der Waals surface area contributed by atoms with Gasteiger partial charge in [-0.15, -0.1) is 0 Å². The number of benzene rings is 2. The van der Waals surface area contributed by atoms with Gasteiger partial charge < -0.3 is 10.2 Å². The van der Waals surface area contributed by atoms with Gasteiger partial charge >= 0.3 is 0 Å². The van der Waals surface area contributed by atoms with Crippen molar-refractivity contribution in [3.05, 3.63) is 58.7 Å². The van der Waals surface area contributed by atoms with Crippen LogP contribution >= 0.6 is 0 Å². The fourth-order valence-electron chi connectivity index (χ4n) is 4.99. The van der Waals surface area contributed by atoms with E-state index in [1.165, 1.54) is 0 Å². The summed E-state index contributed by atoms with van der Waals surface area (Å²) in [5.41, 5.74) is 4.03. The van der Waals surface area contributed by atoms with E-state index < -0.39 is 10.0 Å². The molecule has 0 bridgehead atoms. The van der Waals surface area contributed by atoms with Crippen molar-refractivity contribution in [1.29, 1.82) is 0 Å². The molecule has 1 fully saturated rings. The molecule has 7 nitrogen and oxygen atoms in total. The highest BCUT2D eigenvalue weighted by atomic mass is 32.2. The molecule has 188 valence electrons. The number of carbonyl (C=O) groups is 2. The molecule has 8 heteroatoms. The third-order valence-corrected chi connectivity index (χ3v) is 8.51. The van der Waals surface area contributed by atoms with Crippen LogP contribution in [-0.2, 0) is 27.7 Å². The van der Waals surface area contributed by atoms with E-state index in [1.54, 1.807) is 18.2 Å². The number of amides is 2. The average Bonchev–Trinajstić information content (AvgIpc) is 2.84. The third-order valence-electron chi connectivity index (χ3n) is 7.01. The van der Waals surface area contributed by atoms with Gasteiger partial charge in [0.25, 0.3) is 5.91 Å². The van der Waals surface area contributed by atoms with Crippen LogP contribution in [0.2, 0.25) is 0 Å². The second kappa shape index (κ2) is 10.5. The molecule has 1 aliphatic heterocycles. The number of aryl methyl sites for hydroxylation is 2. The van der Waals surface area contributed by atoms with E-state index in [4.69, 9.17) is 0 Å². The standard InChI is InChI=1S/C27H35N3O4S/c1-18(2)27(32)30-14-12-21(13-15-30)29-35(33,34)22-16-20-9-5-7-11-24(20)25(17-22)28-26(31)23-10-6-4-8-19(23)3/h4,6,8,10,16-18,21,29H,5,7,9,11-15H2,1-3H3,(H,28,31). The lowest BCUT2D eigenvalue weighted by molar-refractivity contribution is -0.135. The second-order valence-electron chi connectivity index (χ2n) is 9.96. The largest absolute Gasteiger partial charge is 0.342 e. The Morgan fingerprint density at radius 3 is 2.40 bits per heavy atom. The molecule has 1 aliphatic carbocycles. The van der Waals surface area contributed by atoms with Crippen LogP contribution < -0.4 is 10.0 Å². The van der Waals surface area contributed by atoms with Gasteiger partial charge in [-0.3, -0.25) is 9.59 Å². The summed E-state index contributed by atoms with van der Waals surface area (Å²) in [5.74, 6) is -0.192. The second-order valence-corrected chi connectivity index (χ2v) is 11.7. The Balaban J connectivity index is 1.55. The van der Waals surface area contributed by atoms with Crippen molar-refractivity contribution in [3.8, 4) is 0 Å². The Hall–Kier alpha value is -2.71. The van der Waals surface area contributed by atoms with Crippen LogP contribution in [-0.4, -0.2) is 44.3 Å². The van der Waals surface area contributed by atoms with E-state index in [-0.39, 0.29) is 28.7 Å². The van der Waals surface area contributed by atoms with Gasteiger partial charge in [0.1, 0.15) is 0 Å². The number of hydrogen-bond donors (Lipinski definition) is 2. The molecule has 2 N–H and O–H groups in total. The van der Waals surface area contributed by atoms with Gasteiger partial charge in [0.2, 0.25) is 15.9 Å². The number of rotatable bonds is 6. The number of nitrogens with one attached hydrogen (secondary N) is 2. The summed E-state index contributed by atoms with van der Waals surface area (Å²) in [4.78, 5) is 27.3. The highest BCUT2D eigenvalue weighted by Gasteiger charge is 2.29. The van der Waals surface area contributed by atoms with Crippen LogP contribution in [0.25, 0.3) is 0 Å². The van der Waals surface area contributed by atoms with Gasteiger partial charge in [-0.2, -0.15) is 0 Å². The third kappa shape index (κ3) is 5.76. The van der Waals surface area contributed by atoms with E-state index in [9.17, 15) is 18.0 Å². The first-order chi connectivity index (χ1) is 16.7. The van der Waals surface area contributed by atoms with Gasteiger partial charge in [0.15, 0.2) is 0 Å². The summed E-state index contributed by atoms with van der Waals surface area (Å²) in [6.45, 7) is 6.73. The number of carbonyl (C=O) groups excluding carboxylic acids is 2. The zero-order chi connectivity index (χ0) is 25.2. The van der Waals surface area contributed by atoms with E-state index >= 15 is 0 Å². The lowest BCUT2D eigenvalue weighted by Crippen LogP contribution is -2.47. The summed E-state index contributed by atoms with van der Waals surface area (Å²) in [7, 11) is -3.78. The van der Waals surface area contributed by atoms with Crippen molar-refractivity contribution < 1.29 is 18.0 Å². The number of likely N-dealkylation sites (tertiary alicyclic amines) is 1. The van der Waals surface area contributed by atoms with Crippen LogP contribution in [0.3, 0.4) is 0 Å². The molecule has 2 aromatic rings. The van der Waals surface area contributed by atoms with Crippen LogP contribution in [0.4, 0.5) is 5.69 Å². The number of anilines is 1. The van der Waals surface area contributed by atoms with E-state index in [0.29, 0.717) is 37.2 Å². The summed E-state index contributed by atoms with van der Waals surface area (Å²) in [6, 6.07) is 10.5. The Kier molecular flexibility index (Phi) is 7.62. The van der Waals surface area contributed by atoms with Gasteiger partial charge in [-0.25, -0.2) is 13.1 Å². The van der Waals surface area contributed by atoms with E-state index in [2.05, 4.69) is 10.0 Å². The van der Waals surface area contributed by atoms with Crippen molar-refractivity contribution in [2.24, 2.45) is 5.92 Å². The Morgan fingerprint density at radius 2 is 1.71 bits per heavy atom. The Labute approximate surface area is 208 Å². The first-order valence-electron chi connectivity index (χ1n) is 12.5. The van der Waals surface area contributed by atoms with Crippen molar-refractivity contribution >= 4 is 27.5 Å². The summed E-state index contributed by atoms with van der Waals surface area (Å²) < 4.78 is 29.6.